The maximum Gasteiger partial charge on any atom is 0.325 e. The van der Waals surface area contributed by atoms with Gasteiger partial charge in [-0.2, -0.15) is 0 Å². The highest BCUT2D eigenvalue weighted by Crippen LogP contribution is 2.03. The van der Waals surface area contributed by atoms with Crippen molar-refractivity contribution in [3.63, 3.8) is 0 Å². The maximum absolute atomic E-state index is 5.50. The maximum atomic E-state index is 5.50. The van der Waals surface area contributed by atoms with E-state index < -0.39 is 15.8 Å². The smallest absolute Gasteiger partial charge is 0.325 e. The summed E-state index contributed by atoms with van der Waals surface area (Å²) in [7, 11) is 0.0989. The minimum atomic E-state index is -1.56. The van der Waals surface area contributed by atoms with Gasteiger partial charge >= 0.3 is 9.28 Å². The second kappa shape index (κ2) is 8.65. The minimum absolute atomic E-state index is 0.549. The number of hydrogen-bond donors (Lipinski definition) is 0. The average molecular weight is 208 g/mol. The third-order valence-electron chi connectivity index (χ3n) is 1.46. The first kappa shape index (κ1) is 13.1. The molecule has 0 heterocycles. The molecule has 1 unspecified atom stereocenters. The molecular formula is C8H20O4Si. The van der Waals surface area contributed by atoms with Gasteiger partial charge in [-0.15, -0.1) is 0 Å². The van der Waals surface area contributed by atoms with Gasteiger partial charge in [0, 0.05) is 20.3 Å². The van der Waals surface area contributed by atoms with Crippen LogP contribution in [0, 0.1) is 0 Å². The Balaban J connectivity index is 3.76. The summed E-state index contributed by atoms with van der Waals surface area (Å²) < 4.78 is 21.1. The molecular weight excluding hydrogens is 188 g/mol. The van der Waals surface area contributed by atoms with Crippen molar-refractivity contribution in [1.82, 2.24) is 0 Å². The van der Waals surface area contributed by atoms with E-state index in [2.05, 4.69) is 0 Å². The van der Waals surface area contributed by atoms with Crippen molar-refractivity contribution in [1.29, 1.82) is 0 Å². The Morgan fingerprint density at radius 3 is 1.92 bits per heavy atom. The zero-order chi connectivity index (χ0) is 10.1. The van der Waals surface area contributed by atoms with Gasteiger partial charge in [-0.1, -0.05) is 6.92 Å². The Bertz CT molecular complexity index is 102. The molecule has 4 nitrogen and oxygen atoms in total. The Morgan fingerprint density at radius 1 is 1.08 bits per heavy atom. The second-order valence-electron chi connectivity index (χ2n) is 2.41. The Morgan fingerprint density at radius 2 is 1.62 bits per heavy atom. The highest BCUT2D eigenvalue weighted by Gasteiger charge is 2.16. The third-order valence-corrected chi connectivity index (χ3v) is 3.18. The number of ether oxygens (including phenoxy) is 2. The van der Waals surface area contributed by atoms with Crippen LogP contribution in [0.15, 0.2) is 0 Å². The van der Waals surface area contributed by atoms with Crippen molar-refractivity contribution in [2.24, 2.45) is 0 Å². The van der Waals surface area contributed by atoms with E-state index in [1.54, 1.807) is 7.11 Å². The van der Waals surface area contributed by atoms with Crippen molar-refractivity contribution in [3.8, 4) is 0 Å². The van der Waals surface area contributed by atoms with E-state index in [-0.39, 0.29) is 0 Å². The summed E-state index contributed by atoms with van der Waals surface area (Å²) in [6, 6.07) is 0.910. The molecule has 1 atom stereocenters. The van der Waals surface area contributed by atoms with E-state index in [0.29, 0.717) is 13.2 Å². The molecule has 0 saturated heterocycles. The molecule has 0 fully saturated rings. The summed E-state index contributed by atoms with van der Waals surface area (Å²) >= 11 is 0. The predicted molar refractivity (Wildman–Crippen MR) is 52.8 cm³/mol. The van der Waals surface area contributed by atoms with Gasteiger partial charge in [-0.3, -0.25) is 0 Å². The van der Waals surface area contributed by atoms with E-state index in [1.165, 1.54) is 0 Å². The molecule has 0 N–H and O–H groups in total. The summed E-state index contributed by atoms with van der Waals surface area (Å²) in [5.41, 5.74) is 0. The van der Waals surface area contributed by atoms with Crippen LogP contribution in [0.2, 0.25) is 6.04 Å². The van der Waals surface area contributed by atoms with Crippen LogP contribution in [0.3, 0.4) is 0 Å². The lowest BCUT2D eigenvalue weighted by atomic mass is 10.8. The molecule has 80 valence electrons. The van der Waals surface area contributed by atoms with Gasteiger partial charge in [0.1, 0.15) is 0 Å². The van der Waals surface area contributed by atoms with Crippen molar-refractivity contribution >= 4 is 9.28 Å². The monoisotopic (exact) mass is 208 g/mol. The minimum Gasteiger partial charge on any atom is -0.400 e. The molecule has 0 aromatic rings. The van der Waals surface area contributed by atoms with Gasteiger partial charge in [-0.05, 0) is 19.9 Å². The predicted octanol–water partition coefficient (Wildman–Crippen LogP) is 1.25. The lowest BCUT2D eigenvalue weighted by molar-refractivity contribution is -0.250. The van der Waals surface area contributed by atoms with Crippen LogP contribution in [0.5, 0.6) is 0 Å². The fourth-order valence-electron chi connectivity index (χ4n) is 0.841. The summed E-state index contributed by atoms with van der Waals surface area (Å²) in [5, 5.41) is 0. The van der Waals surface area contributed by atoms with Crippen LogP contribution < -0.4 is 0 Å². The molecule has 0 bridgehead atoms. The summed E-state index contributed by atoms with van der Waals surface area (Å²) in [5.74, 6) is 0. The van der Waals surface area contributed by atoms with E-state index >= 15 is 0 Å². The summed E-state index contributed by atoms with van der Waals surface area (Å²) in [6.07, 6.45) is 0. The third kappa shape index (κ3) is 6.17. The van der Waals surface area contributed by atoms with Crippen molar-refractivity contribution in [2.75, 3.05) is 20.3 Å². The van der Waals surface area contributed by atoms with E-state index in [4.69, 9.17) is 18.3 Å². The molecule has 5 heteroatoms. The molecule has 0 aromatic heterocycles. The van der Waals surface area contributed by atoms with Crippen LogP contribution in [0.4, 0.5) is 0 Å². The fourth-order valence-corrected chi connectivity index (χ4v) is 1.88. The van der Waals surface area contributed by atoms with Crippen molar-refractivity contribution in [3.05, 3.63) is 0 Å². The lowest BCUT2D eigenvalue weighted by Crippen LogP contribution is -2.31. The Hall–Kier alpha value is 0.0569. The molecule has 13 heavy (non-hydrogen) atoms. The Labute approximate surface area is 82.0 Å². The first-order valence-corrected chi connectivity index (χ1v) is 6.45. The zero-order valence-corrected chi connectivity index (χ0v) is 10.1. The van der Waals surface area contributed by atoms with Gasteiger partial charge in [0.2, 0.25) is 0 Å². The van der Waals surface area contributed by atoms with Crippen molar-refractivity contribution in [2.45, 2.75) is 33.3 Å². The standard InChI is InChI=1S/C8H20O4Si/c1-5-10-8(11-6-2)12-13(7-3)9-4/h8,13H,5-7H2,1-4H3. The quantitative estimate of drug-likeness (QED) is 0.444. The van der Waals surface area contributed by atoms with E-state index in [0.717, 1.165) is 6.04 Å². The first-order chi connectivity index (χ1) is 6.28. The zero-order valence-electron chi connectivity index (χ0n) is 8.91. The lowest BCUT2D eigenvalue weighted by Gasteiger charge is -2.21. The molecule has 0 aromatic carbocycles. The normalized spacial score (nSPS) is 13.6. The highest BCUT2D eigenvalue weighted by molar-refractivity contribution is 6.44. The molecule has 0 aliphatic carbocycles. The van der Waals surface area contributed by atoms with Crippen LogP contribution in [-0.2, 0) is 18.3 Å². The van der Waals surface area contributed by atoms with Crippen LogP contribution in [0.25, 0.3) is 0 Å². The van der Waals surface area contributed by atoms with Gasteiger partial charge < -0.3 is 18.3 Å². The molecule has 0 rings (SSSR count). The molecule has 0 radical (unpaired) electrons. The van der Waals surface area contributed by atoms with Gasteiger partial charge in [0.05, 0.1) is 0 Å². The average Bonchev–Trinajstić information content (AvgIpc) is 2.14. The summed E-state index contributed by atoms with van der Waals surface area (Å²) in [4.78, 5) is 0. The molecule has 0 amide bonds. The molecule has 0 spiro atoms. The van der Waals surface area contributed by atoms with Crippen LogP contribution in [0.1, 0.15) is 20.8 Å². The van der Waals surface area contributed by atoms with Gasteiger partial charge in [-0.25, -0.2) is 0 Å². The number of hydrogen-bond acceptors (Lipinski definition) is 4. The largest absolute Gasteiger partial charge is 0.400 e. The highest BCUT2D eigenvalue weighted by atomic mass is 28.3. The fraction of sp³-hybridized carbons (Fsp3) is 1.00. The first-order valence-electron chi connectivity index (χ1n) is 4.69. The number of rotatable bonds is 8. The van der Waals surface area contributed by atoms with Gasteiger partial charge in [0.25, 0.3) is 6.48 Å². The second-order valence-corrected chi connectivity index (χ2v) is 4.83. The Kier molecular flexibility index (Phi) is 8.68. The molecule has 0 saturated carbocycles. The van der Waals surface area contributed by atoms with E-state index in [1.807, 2.05) is 20.8 Å². The topological polar surface area (TPSA) is 36.9 Å². The van der Waals surface area contributed by atoms with E-state index in [9.17, 15) is 0 Å². The molecule has 0 aliphatic heterocycles. The van der Waals surface area contributed by atoms with Gasteiger partial charge in [0.15, 0.2) is 0 Å². The summed E-state index contributed by atoms with van der Waals surface area (Å²) in [6.45, 7) is 6.47. The van der Waals surface area contributed by atoms with Crippen molar-refractivity contribution < 1.29 is 18.3 Å². The van der Waals surface area contributed by atoms with Crippen LogP contribution >= 0.6 is 0 Å². The van der Waals surface area contributed by atoms with Crippen LogP contribution in [-0.4, -0.2) is 36.1 Å². The molecule has 0 aliphatic rings. The SMILES string of the molecule is CCOC(OCC)O[SiH](CC)OC.